The molecule has 0 fully saturated rings. The van der Waals surface area contributed by atoms with Gasteiger partial charge in [0.2, 0.25) is 0 Å². The topological polar surface area (TPSA) is 104 Å². The molecule has 1 heterocycles. The van der Waals surface area contributed by atoms with Crippen molar-refractivity contribution in [3.63, 3.8) is 0 Å². The van der Waals surface area contributed by atoms with Crippen LogP contribution in [0.5, 0.6) is 0 Å². The van der Waals surface area contributed by atoms with Gasteiger partial charge in [-0.25, -0.2) is 17.5 Å². The Hall–Kier alpha value is -4.34. The van der Waals surface area contributed by atoms with E-state index in [4.69, 9.17) is 0 Å². The second-order valence-electron chi connectivity index (χ2n) is 8.15. The second-order valence-corrected chi connectivity index (χ2v) is 9.83. The number of hydrogen-bond donors (Lipinski definition) is 2. The van der Waals surface area contributed by atoms with Crippen LogP contribution in [0.1, 0.15) is 17.2 Å². The molecule has 1 aliphatic heterocycles. The normalized spacial score (nSPS) is 15.4. The molecule has 1 unspecified atom stereocenters. The number of nitrogens with one attached hydrogen (secondary N) is 1. The van der Waals surface area contributed by atoms with Crippen LogP contribution in [0.4, 0.5) is 15.8 Å². The van der Waals surface area contributed by atoms with E-state index in [-0.39, 0.29) is 4.90 Å². The van der Waals surface area contributed by atoms with Crippen LogP contribution in [0.25, 0.3) is 16.8 Å². The van der Waals surface area contributed by atoms with Gasteiger partial charge in [-0.1, -0.05) is 48.5 Å². The van der Waals surface area contributed by atoms with Gasteiger partial charge in [0.25, 0.3) is 21.8 Å². The van der Waals surface area contributed by atoms with Gasteiger partial charge >= 0.3 is 0 Å². The number of aliphatic hydroxyl groups excluding tert-OH is 1. The molecule has 9 heteroatoms. The van der Waals surface area contributed by atoms with Gasteiger partial charge in [0.05, 0.1) is 10.6 Å². The molecular weight excluding hydrogens is 483 g/mol. The third kappa shape index (κ3) is 4.26. The largest absolute Gasteiger partial charge is 0.378 e. The molecule has 2 N–H and O–H groups in total. The number of fused-ring (bicyclic) bond motifs is 2. The van der Waals surface area contributed by atoms with Gasteiger partial charge in [-0.3, -0.25) is 14.5 Å². The highest BCUT2D eigenvalue weighted by Gasteiger charge is 2.38. The monoisotopic (exact) mass is 502 g/mol. The van der Waals surface area contributed by atoms with Crippen LogP contribution >= 0.6 is 0 Å². The van der Waals surface area contributed by atoms with Crippen molar-refractivity contribution in [2.75, 3.05) is 4.90 Å². The van der Waals surface area contributed by atoms with Crippen LogP contribution in [0.2, 0.25) is 0 Å². The van der Waals surface area contributed by atoms with E-state index in [0.717, 1.165) is 41.1 Å². The summed E-state index contributed by atoms with van der Waals surface area (Å²) in [5, 5.41) is 12.5. The lowest BCUT2D eigenvalue weighted by Gasteiger charge is -2.20. The Morgan fingerprint density at radius 1 is 0.944 bits per heavy atom. The van der Waals surface area contributed by atoms with Crippen LogP contribution < -0.4 is 9.62 Å². The smallest absolute Gasteiger partial charge is 0.265 e. The zero-order valence-electron chi connectivity index (χ0n) is 18.6. The first-order valence-corrected chi connectivity index (χ1v) is 12.4. The number of para-hydroxylation sites is 1. The molecule has 1 aliphatic rings. The van der Waals surface area contributed by atoms with Crippen molar-refractivity contribution in [2.24, 2.45) is 0 Å². The molecule has 0 aromatic heterocycles. The van der Waals surface area contributed by atoms with Crippen molar-refractivity contribution < 1.29 is 27.5 Å². The Kier molecular flexibility index (Phi) is 5.87. The van der Waals surface area contributed by atoms with Crippen molar-refractivity contribution in [3.05, 3.63) is 108 Å². The zero-order chi connectivity index (χ0) is 25.4. The van der Waals surface area contributed by atoms with Crippen molar-refractivity contribution in [1.29, 1.82) is 0 Å². The summed E-state index contributed by atoms with van der Waals surface area (Å²) in [6.07, 6.45) is 1.01. The number of hydrogen-bond acceptors (Lipinski definition) is 5. The molecule has 0 saturated heterocycles. The fourth-order valence-corrected chi connectivity index (χ4v) is 5.08. The summed E-state index contributed by atoms with van der Waals surface area (Å²) < 4.78 is 39.8. The Morgan fingerprint density at radius 2 is 1.67 bits per heavy atom. The van der Waals surface area contributed by atoms with E-state index in [1.54, 1.807) is 24.3 Å². The Bertz CT molecular complexity index is 1650. The van der Waals surface area contributed by atoms with Crippen molar-refractivity contribution >= 4 is 50.1 Å². The maximum absolute atomic E-state index is 13.1. The molecule has 0 spiro atoms. The number of carbonyl (C=O) groups excluding carboxylic acids is 2. The number of amides is 2. The summed E-state index contributed by atoms with van der Waals surface area (Å²) in [7, 11) is -4.21. The Labute approximate surface area is 206 Å². The number of nitrogens with zero attached hydrogens (tertiary/aromatic N) is 1. The van der Waals surface area contributed by atoms with E-state index in [1.165, 1.54) is 11.0 Å². The van der Waals surface area contributed by atoms with Gasteiger partial charge in [0.15, 0.2) is 6.10 Å². The Balaban J connectivity index is 1.47. The fraction of sp³-hybridized carbons (Fsp3) is 0.0370. The number of carbonyl (C=O) groups is 2. The van der Waals surface area contributed by atoms with Crippen LogP contribution in [0, 0.1) is 5.82 Å². The molecule has 5 rings (SSSR count). The van der Waals surface area contributed by atoms with Crippen LogP contribution in [0.15, 0.2) is 95.9 Å². The summed E-state index contributed by atoms with van der Waals surface area (Å²) in [5.74, 6) is -2.07. The quantitative estimate of drug-likeness (QED) is 0.398. The molecular formula is C27H19FN2O5S. The molecule has 4 aromatic rings. The molecule has 180 valence electrons. The van der Waals surface area contributed by atoms with Gasteiger partial charge in [-0.2, -0.15) is 0 Å². The minimum absolute atomic E-state index is 0.262. The molecule has 36 heavy (non-hydrogen) atoms. The number of sulfonamides is 1. The number of aliphatic hydroxyl groups is 1. The first-order valence-electron chi connectivity index (χ1n) is 10.9. The first kappa shape index (κ1) is 23.4. The number of benzene rings is 4. The predicted molar refractivity (Wildman–Crippen MR) is 133 cm³/mol. The van der Waals surface area contributed by atoms with Crippen LogP contribution in [-0.4, -0.2) is 25.3 Å². The molecule has 0 saturated carbocycles. The highest BCUT2D eigenvalue weighted by Crippen LogP contribution is 2.44. The van der Waals surface area contributed by atoms with Crippen molar-refractivity contribution in [3.8, 4) is 0 Å². The summed E-state index contributed by atoms with van der Waals surface area (Å²) >= 11 is 0. The lowest BCUT2D eigenvalue weighted by Crippen LogP contribution is -2.29. The molecule has 1 atom stereocenters. The highest BCUT2D eigenvalue weighted by atomic mass is 32.2. The average molecular weight is 503 g/mol. The summed E-state index contributed by atoms with van der Waals surface area (Å²) in [6.45, 7) is 0. The van der Waals surface area contributed by atoms with Gasteiger partial charge in [0.1, 0.15) is 5.82 Å². The van der Waals surface area contributed by atoms with Gasteiger partial charge in [-0.15, -0.1) is 0 Å². The average Bonchev–Trinajstić information content (AvgIpc) is 3.13. The fourth-order valence-electron chi connectivity index (χ4n) is 4.14. The molecule has 0 bridgehead atoms. The van der Waals surface area contributed by atoms with Gasteiger partial charge in [0, 0.05) is 17.3 Å². The van der Waals surface area contributed by atoms with Crippen molar-refractivity contribution in [1.82, 2.24) is 4.72 Å². The van der Waals surface area contributed by atoms with Crippen molar-refractivity contribution in [2.45, 2.75) is 11.0 Å². The third-order valence-corrected chi connectivity index (χ3v) is 7.20. The number of anilines is 2. The number of halogens is 1. The standard InChI is InChI=1S/C27H19FN2O5S/c28-20-10-13-22(14-11-20)36(34,35)29-24(31)15-9-18-6-3-7-23-25(18)30(27(33)26(23)32)21-12-8-17-4-1-2-5-19(17)16-21/h1-16,26,32H,(H,29,31)/b15-9+. The Morgan fingerprint density at radius 3 is 2.42 bits per heavy atom. The van der Waals surface area contributed by atoms with E-state index in [9.17, 15) is 27.5 Å². The molecule has 7 nitrogen and oxygen atoms in total. The molecule has 4 aromatic carbocycles. The SMILES string of the molecule is O=C(/C=C/c1cccc2c1N(c1ccc3ccccc3c1)C(=O)C2O)NS(=O)(=O)c1ccc(F)cc1. The number of rotatable bonds is 5. The van der Waals surface area contributed by atoms with Gasteiger partial charge in [-0.05, 0) is 58.8 Å². The highest BCUT2D eigenvalue weighted by molar-refractivity contribution is 7.90. The molecule has 0 aliphatic carbocycles. The maximum Gasteiger partial charge on any atom is 0.265 e. The summed E-state index contributed by atoms with van der Waals surface area (Å²) in [4.78, 5) is 26.6. The van der Waals surface area contributed by atoms with Crippen LogP contribution in [0.3, 0.4) is 0 Å². The van der Waals surface area contributed by atoms with Gasteiger partial charge < -0.3 is 5.11 Å². The van der Waals surface area contributed by atoms with E-state index in [2.05, 4.69) is 0 Å². The molecule has 2 amide bonds. The summed E-state index contributed by atoms with van der Waals surface area (Å²) in [5.41, 5.74) is 1.74. The van der Waals surface area contributed by atoms with E-state index in [1.807, 2.05) is 41.1 Å². The lowest BCUT2D eigenvalue weighted by molar-refractivity contribution is -0.125. The minimum Gasteiger partial charge on any atom is -0.378 e. The lowest BCUT2D eigenvalue weighted by atomic mass is 10.0. The summed E-state index contributed by atoms with van der Waals surface area (Å²) in [6, 6.07) is 22.1. The molecule has 0 radical (unpaired) electrons. The zero-order valence-corrected chi connectivity index (χ0v) is 19.4. The van der Waals surface area contributed by atoms with E-state index in [0.29, 0.717) is 22.5 Å². The van der Waals surface area contributed by atoms with Crippen LogP contribution in [-0.2, 0) is 19.6 Å². The van der Waals surface area contributed by atoms with E-state index < -0.39 is 33.8 Å². The minimum atomic E-state index is -4.21. The second kappa shape index (κ2) is 9.03. The maximum atomic E-state index is 13.1. The predicted octanol–water partition coefficient (Wildman–Crippen LogP) is 4.21. The third-order valence-electron chi connectivity index (χ3n) is 5.84. The first-order chi connectivity index (χ1) is 17.2. The van der Waals surface area contributed by atoms with E-state index >= 15 is 0 Å².